The minimum absolute atomic E-state index is 0.0722. The van der Waals surface area contributed by atoms with Gasteiger partial charge in [-0.15, -0.1) is 0 Å². The lowest BCUT2D eigenvalue weighted by Crippen LogP contribution is -2.46. The van der Waals surface area contributed by atoms with Crippen LogP contribution in [0.2, 0.25) is 0 Å². The van der Waals surface area contributed by atoms with Gasteiger partial charge in [0.25, 0.3) is 15.9 Å². The van der Waals surface area contributed by atoms with Crippen LogP contribution in [0, 0.1) is 6.92 Å². The van der Waals surface area contributed by atoms with Crippen molar-refractivity contribution in [3.8, 4) is 17.0 Å². The Bertz CT molecular complexity index is 1930. The summed E-state index contributed by atoms with van der Waals surface area (Å²) in [5, 5.41) is 14.9. The third-order valence-electron chi connectivity index (χ3n) is 6.01. The van der Waals surface area contributed by atoms with E-state index in [9.17, 15) is 57.8 Å². The smallest absolute Gasteiger partial charge is 0.433 e. The zero-order valence-electron chi connectivity index (χ0n) is 23.9. The van der Waals surface area contributed by atoms with Gasteiger partial charge in [0.15, 0.2) is 27.3 Å². The summed E-state index contributed by atoms with van der Waals surface area (Å²) in [4.78, 5) is 21.0. The maximum absolute atomic E-state index is 14.0. The van der Waals surface area contributed by atoms with Crippen molar-refractivity contribution in [2.45, 2.75) is 49.0 Å². The molecule has 0 aliphatic rings. The quantitative estimate of drug-likeness (QED) is 0.194. The van der Waals surface area contributed by atoms with Gasteiger partial charge in [-0.2, -0.15) is 44.6 Å². The molecule has 0 radical (unpaired) electrons. The van der Waals surface area contributed by atoms with E-state index in [4.69, 9.17) is 0 Å². The third-order valence-corrected chi connectivity index (χ3v) is 9.39. The molecule has 0 aliphatic carbocycles. The number of rotatable bonds is 9. The topological polar surface area (TPSA) is 148 Å². The molecule has 0 bridgehead atoms. The van der Waals surface area contributed by atoms with Crippen LogP contribution in [-0.4, -0.2) is 63.9 Å². The number of alkyl halides is 9. The fraction of sp³-hybridized carbons (Fsp3) is 0.360. The number of carbonyl (C=O) groups is 1. The fourth-order valence-corrected chi connectivity index (χ4v) is 6.77. The molecule has 256 valence electrons. The van der Waals surface area contributed by atoms with Crippen LogP contribution >= 0.6 is 11.3 Å². The molecule has 0 saturated heterocycles. The van der Waals surface area contributed by atoms with Crippen LogP contribution in [-0.2, 0) is 22.4 Å². The number of benzene rings is 1. The third kappa shape index (κ3) is 8.11. The second kappa shape index (κ2) is 12.2. The lowest BCUT2D eigenvalue weighted by molar-refractivity contribution is -0.158. The number of fused-ring (bicyclic) bond motifs is 1. The Hall–Kier alpha value is -4.02. The number of aromatic nitrogens is 4. The molecule has 0 aliphatic heterocycles. The molecule has 3 heterocycles. The lowest BCUT2D eigenvalue weighted by Gasteiger charge is -2.22. The summed E-state index contributed by atoms with van der Waals surface area (Å²) in [5.74, 6) is -2.50. The largest absolute Gasteiger partial charge is 0.483 e. The number of thiazole rings is 1. The maximum atomic E-state index is 14.0. The van der Waals surface area contributed by atoms with Crippen LogP contribution < -0.4 is 14.8 Å². The van der Waals surface area contributed by atoms with Gasteiger partial charge in [-0.3, -0.25) is 10.1 Å². The molecule has 47 heavy (non-hydrogen) atoms. The number of nitrogens with zero attached hydrogens (tertiary/aromatic N) is 4. The Morgan fingerprint density at radius 3 is 2.26 bits per heavy atom. The molecule has 1 amide bonds. The number of carbonyl (C=O) groups excluding carboxylic acids is 1. The molecule has 0 atom stereocenters. The van der Waals surface area contributed by atoms with E-state index in [2.05, 4.69) is 29.8 Å². The number of aliphatic hydroxyl groups is 1. The van der Waals surface area contributed by atoms with Crippen LogP contribution in [0.1, 0.15) is 41.2 Å². The SMILES string of the molecule is Cc1nc(NC(=O)c2cnn3c(C(F)(F)F)cc(-c4ccc(C(F)(F)F)c(OCC(F)(F)F)c4)nc23)sc1S(=O)(=O)NC(C)(C)CO. The van der Waals surface area contributed by atoms with Crippen molar-refractivity contribution in [1.29, 1.82) is 0 Å². The number of aryl methyl sites for hydroxylation is 1. The first-order valence-corrected chi connectivity index (χ1v) is 15.0. The van der Waals surface area contributed by atoms with Crippen molar-refractivity contribution in [1.82, 2.24) is 24.3 Å². The molecular weight excluding hydrogens is 699 g/mol. The van der Waals surface area contributed by atoms with E-state index in [1.807, 2.05) is 0 Å². The average molecular weight is 721 g/mol. The molecule has 0 saturated carbocycles. The van der Waals surface area contributed by atoms with Gasteiger partial charge in [0.05, 0.1) is 35.3 Å². The van der Waals surface area contributed by atoms with Gasteiger partial charge in [0, 0.05) is 5.56 Å². The van der Waals surface area contributed by atoms with E-state index in [1.54, 1.807) is 0 Å². The van der Waals surface area contributed by atoms with Crippen molar-refractivity contribution >= 4 is 38.0 Å². The highest BCUT2D eigenvalue weighted by Crippen LogP contribution is 2.40. The molecule has 0 fully saturated rings. The van der Waals surface area contributed by atoms with E-state index in [1.165, 1.54) is 20.8 Å². The highest BCUT2D eigenvalue weighted by atomic mass is 32.2. The Kier molecular flexibility index (Phi) is 9.31. The number of aliphatic hydroxyl groups excluding tert-OH is 1. The number of amides is 1. The number of hydrogen-bond donors (Lipinski definition) is 3. The van der Waals surface area contributed by atoms with Gasteiger partial charge in [0.1, 0.15) is 11.3 Å². The van der Waals surface area contributed by atoms with Crippen molar-refractivity contribution in [2.24, 2.45) is 0 Å². The summed E-state index contributed by atoms with van der Waals surface area (Å²) < 4.78 is 153. The molecule has 22 heteroatoms. The molecule has 4 rings (SSSR count). The monoisotopic (exact) mass is 720 g/mol. The minimum Gasteiger partial charge on any atom is -0.483 e. The number of ether oxygens (including phenoxy) is 1. The number of anilines is 1. The number of hydrogen-bond acceptors (Lipinski definition) is 9. The number of nitrogens with one attached hydrogen (secondary N) is 2. The normalized spacial score (nSPS) is 13.3. The van der Waals surface area contributed by atoms with E-state index >= 15 is 0 Å². The molecule has 1 aromatic carbocycles. The van der Waals surface area contributed by atoms with Gasteiger partial charge in [-0.25, -0.2) is 27.6 Å². The maximum Gasteiger partial charge on any atom is 0.433 e. The lowest BCUT2D eigenvalue weighted by atomic mass is 10.1. The van der Waals surface area contributed by atoms with Crippen LogP contribution in [0.25, 0.3) is 16.9 Å². The number of sulfonamides is 1. The molecule has 3 N–H and O–H groups in total. The summed E-state index contributed by atoms with van der Waals surface area (Å²) in [6, 6.07) is 1.75. The molecule has 0 spiro atoms. The second-order valence-corrected chi connectivity index (χ2v) is 13.3. The minimum atomic E-state index is -5.19. The van der Waals surface area contributed by atoms with E-state index in [0.29, 0.717) is 41.8 Å². The predicted octanol–water partition coefficient (Wildman–Crippen LogP) is 5.44. The van der Waals surface area contributed by atoms with E-state index in [-0.39, 0.29) is 19.6 Å². The van der Waals surface area contributed by atoms with Crippen molar-refractivity contribution < 1.29 is 62.6 Å². The van der Waals surface area contributed by atoms with Crippen LogP contribution in [0.4, 0.5) is 44.6 Å². The van der Waals surface area contributed by atoms with Crippen LogP contribution in [0.5, 0.6) is 5.75 Å². The zero-order valence-corrected chi connectivity index (χ0v) is 25.5. The number of halogens is 9. The first-order chi connectivity index (χ1) is 21.4. The Morgan fingerprint density at radius 2 is 1.68 bits per heavy atom. The highest BCUT2D eigenvalue weighted by Gasteiger charge is 2.38. The van der Waals surface area contributed by atoms with Gasteiger partial charge in [-0.1, -0.05) is 17.4 Å². The predicted molar refractivity (Wildman–Crippen MR) is 146 cm³/mol. The first kappa shape index (κ1) is 35.8. The molecule has 3 aromatic heterocycles. The van der Waals surface area contributed by atoms with Gasteiger partial charge in [0.2, 0.25) is 0 Å². The van der Waals surface area contributed by atoms with Gasteiger partial charge < -0.3 is 9.84 Å². The Balaban J connectivity index is 1.78. The Labute approximate surface area is 262 Å². The molecule has 0 unspecified atom stereocenters. The summed E-state index contributed by atoms with van der Waals surface area (Å²) in [5.41, 5.74) is -7.15. The first-order valence-electron chi connectivity index (χ1n) is 12.7. The zero-order chi connectivity index (χ0) is 35.3. The Morgan fingerprint density at radius 1 is 1.02 bits per heavy atom. The second-order valence-electron chi connectivity index (χ2n) is 10.4. The molecule has 4 aromatic rings. The van der Waals surface area contributed by atoms with E-state index < -0.39 is 92.7 Å². The van der Waals surface area contributed by atoms with Crippen molar-refractivity contribution in [2.75, 3.05) is 18.5 Å². The van der Waals surface area contributed by atoms with E-state index in [0.717, 1.165) is 0 Å². The van der Waals surface area contributed by atoms with Crippen LogP contribution in [0.3, 0.4) is 0 Å². The van der Waals surface area contributed by atoms with Crippen LogP contribution in [0.15, 0.2) is 34.7 Å². The summed E-state index contributed by atoms with van der Waals surface area (Å²) in [6.07, 6.45) is -14.7. The van der Waals surface area contributed by atoms with Crippen molar-refractivity contribution in [3.63, 3.8) is 0 Å². The summed E-state index contributed by atoms with van der Waals surface area (Å²) in [7, 11) is -4.25. The fourth-order valence-electron chi connectivity index (χ4n) is 3.96. The summed E-state index contributed by atoms with van der Waals surface area (Å²) >= 11 is 0.479. The highest BCUT2D eigenvalue weighted by molar-refractivity contribution is 7.91. The molecule has 11 nitrogen and oxygen atoms in total. The van der Waals surface area contributed by atoms with Crippen molar-refractivity contribution in [3.05, 3.63) is 53.0 Å². The van der Waals surface area contributed by atoms with Gasteiger partial charge in [-0.05, 0) is 39.0 Å². The average Bonchev–Trinajstić information content (AvgIpc) is 3.52. The van der Waals surface area contributed by atoms with Gasteiger partial charge >= 0.3 is 18.5 Å². The molecular formula is C25H21F9N6O5S2. The summed E-state index contributed by atoms with van der Waals surface area (Å²) in [6.45, 7) is 1.38. The standard InChI is InChI=1S/C25H21F9N6O5S2/c1-11-20(47(43,44)39-22(2,3)9-41)46-21(36-11)38-19(42)13-8-35-40-17(25(32,33)34)7-15(37-18(13)40)12-4-5-14(24(29,30)31)16(6-12)45-10-23(26,27)28/h4-8,39,41H,9-10H2,1-3H3,(H,36,38,42).